The average Bonchev–Trinajstić information content (AvgIpc) is 2.67. The van der Waals surface area contributed by atoms with E-state index in [1.54, 1.807) is 19.1 Å². The molecule has 0 fully saturated rings. The summed E-state index contributed by atoms with van der Waals surface area (Å²) in [6.07, 6.45) is 0.432. The molecule has 8 heteroatoms. The summed E-state index contributed by atoms with van der Waals surface area (Å²) in [6, 6.07) is 10.4. The lowest BCUT2D eigenvalue weighted by atomic mass is 10.1. The zero-order valence-corrected chi connectivity index (χ0v) is 15.9. The van der Waals surface area contributed by atoms with E-state index in [4.69, 9.17) is 9.84 Å². The first-order chi connectivity index (χ1) is 12.8. The van der Waals surface area contributed by atoms with E-state index < -0.39 is 15.8 Å². The Hall–Kier alpha value is -2.87. The van der Waals surface area contributed by atoms with Crippen LogP contribution in [0.4, 0.5) is 0 Å². The number of methoxy groups -OCH3 is 1. The Balaban J connectivity index is 2.05. The molecule has 2 rings (SSSR count). The van der Waals surface area contributed by atoms with Gasteiger partial charge in [-0.1, -0.05) is 19.1 Å². The molecule has 0 aliphatic carbocycles. The van der Waals surface area contributed by atoms with Gasteiger partial charge in [0, 0.05) is 12.1 Å². The highest BCUT2D eigenvalue weighted by Gasteiger charge is 2.14. The summed E-state index contributed by atoms with van der Waals surface area (Å²) in [5.41, 5.74) is 1.14. The molecule has 0 aliphatic rings. The van der Waals surface area contributed by atoms with Gasteiger partial charge in [0.05, 0.1) is 23.3 Å². The van der Waals surface area contributed by atoms with Crippen LogP contribution in [0.1, 0.15) is 33.2 Å². The highest BCUT2D eigenvalue weighted by Crippen LogP contribution is 2.21. The van der Waals surface area contributed by atoms with Gasteiger partial charge in [0.2, 0.25) is 0 Å². The van der Waals surface area contributed by atoms with Crippen LogP contribution in [0.25, 0.3) is 0 Å². The van der Waals surface area contributed by atoms with Crippen LogP contribution in [-0.2, 0) is 16.3 Å². The zero-order chi connectivity index (χ0) is 20.0. The maximum absolute atomic E-state index is 12.3. The molecule has 27 heavy (non-hydrogen) atoms. The molecular weight excluding hydrogens is 370 g/mol. The molecule has 0 heterocycles. The highest BCUT2D eigenvalue weighted by molar-refractivity contribution is 7.91. The Kier molecular flexibility index (Phi) is 6.57. The molecular formula is C19H21NO6S. The van der Waals surface area contributed by atoms with Crippen molar-refractivity contribution in [2.45, 2.75) is 18.2 Å². The third kappa shape index (κ3) is 5.07. The van der Waals surface area contributed by atoms with Gasteiger partial charge < -0.3 is 15.2 Å². The van der Waals surface area contributed by atoms with Crippen LogP contribution in [0.5, 0.6) is 5.75 Å². The topological polar surface area (TPSA) is 110 Å². The first-order valence-electron chi connectivity index (χ1n) is 8.29. The van der Waals surface area contributed by atoms with Gasteiger partial charge in [0.25, 0.3) is 5.91 Å². The van der Waals surface area contributed by atoms with E-state index in [2.05, 4.69) is 5.32 Å². The van der Waals surface area contributed by atoms with Crippen molar-refractivity contribution < 1.29 is 27.9 Å². The number of carbonyl (C=O) groups is 2. The van der Waals surface area contributed by atoms with Crippen molar-refractivity contribution >= 4 is 21.7 Å². The van der Waals surface area contributed by atoms with Crippen LogP contribution in [0.2, 0.25) is 0 Å². The predicted molar refractivity (Wildman–Crippen MR) is 100 cm³/mol. The van der Waals surface area contributed by atoms with Gasteiger partial charge in [0.1, 0.15) is 5.75 Å². The number of sulfone groups is 1. The molecule has 0 unspecified atom stereocenters. The van der Waals surface area contributed by atoms with Crippen LogP contribution in [0.15, 0.2) is 47.4 Å². The fourth-order valence-corrected chi connectivity index (χ4v) is 3.42. The number of ether oxygens (including phenoxy) is 1. The Labute approximate surface area is 157 Å². The Bertz CT molecular complexity index is 952. The number of hydrogen-bond donors (Lipinski definition) is 2. The minimum atomic E-state index is -3.38. The third-order valence-electron chi connectivity index (χ3n) is 4.05. The zero-order valence-electron chi connectivity index (χ0n) is 15.1. The quantitative estimate of drug-likeness (QED) is 0.714. The number of carboxylic acids is 1. The Morgan fingerprint density at radius 2 is 1.85 bits per heavy atom. The molecule has 0 aromatic heterocycles. The van der Waals surface area contributed by atoms with Crippen LogP contribution >= 0.6 is 0 Å². The maximum Gasteiger partial charge on any atom is 0.335 e. The minimum absolute atomic E-state index is 0.0375. The molecule has 0 spiro atoms. The SMILES string of the molecule is CCS(=O)(=O)c1cccc(C(=O)NCCc2ccc(C(=O)O)cc2OC)c1. The van der Waals surface area contributed by atoms with E-state index >= 15 is 0 Å². The lowest BCUT2D eigenvalue weighted by Crippen LogP contribution is -2.26. The van der Waals surface area contributed by atoms with Crippen molar-refractivity contribution in [3.63, 3.8) is 0 Å². The smallest absolute Gasteiger partial charge is 0.335 e. The molecule has 0 aliphatic heterocycles. The summed E-state index contributed by atoms with van der Waals surface area (Å²) in [6.45, 7) is 1.83. The van der Waals surface area contributed by atoms with E-state index in [1.807, 2.05) is 0 Å². The number of nitrogens with one attached hydrogen (secondary N) is 1. The van der Waals surface area contributed by atoms with Crippen molar-refractivity contribution in [2.24, 2.45) is 0 Å². The third-order valence-corrected chi connectivity index (χ3v) is 5.78. The monoisotopic (exact) mass is 391 g/mol. The van der Waals surface area contributed by atoms with Gasteiger partial charge >= 0.3 is 5.97 Å². The van der Waals surface area contributed by atoms with Gasteiger partial charge in [-0.2, -0.15) is 0 Å². The van der Waals surface area contributed by atoms with Crippen LogP contribution in [-0.4, -0.2) is 44.8 Å². The van der Waals surface area contributed by atoms with Crippen LogP contribution in [0.3, 0.4) is 0 Å². The lowest BCUT2D eigenvalue weighted by Gasteiger charge is -2.11. The number of aromatic carboxylic acids is 1. The lowest BCUT2D eigenvalue weighted by molar-refractivity contribution is 0.0696. The summed E-state index contributed by atoms with van der Waals surface area (Å²) in [5.74, 6) is -1.04. The van der Waals surface area contributed by atoms with Gasteiger partial charge in [-0.15, -0.1) is 0 Å². The molecule has 7 nitrogen and oxygen atoms in total. The molecule has 0 saturated carbocycles. The maximum atomic E-state index is 12.3. The molecule has 1 amide bonds. The Morgan fingerprint density at radius 3 is 2.48 bits per heavy atom. The van der Waals surface area contributed by atoms with Crippen molar-refractivity contribution in [3.8, 4) is 5.75 Å². The number of rotatable bonds is 8. The molecule has 0 atom stereocenters. The molecule has 144 valence electrons. The van der Waals surface area contributed by atoms with Crippen molar-refractivity contribution in [1.29, 1.82) is 0 Å². The fraction of sp³-hybridized carbons (Fsp3) is 0.263. The average molecular weight is 391 g/mol. The summed E-state index contributed by atoms with van der Waals surface area (Å²) < 4.78 is 29.1. The fourth-order valence-electron chi connectivity index (χ4n) is 2.49. The van der Waals surface area contributed by atoms with Crippen LogP contribution in [0, 0.1) is 0 Å². The van der Waals surface area contributed by atoms with Gasteiger partial charge in [-0.05, 0) is 42.3 Å². The predicted octanol–water partition coefficient (Wildman–Crippen LogP) is 2.16. The molecule has 2 aromatic carbocycles. The number of carbonyl (C=O) groups excluding carboxylic acids is 1. The first kappa shape index (κ1) is 20.4. The van der Waals surface area contributed by atoms with Crippen molar-refractivity contribution in [1.82, 2.24) is 5.32 Å². The second-order valence-electron chi connectivity index (χ2n) is 5.77. The second-order valence-corrected chi connectivity index (χ2v) is 8.05. The summed E-state index contributed by atoms with van der Waals surface area (Å²) in [4.78, 5) is 23.4. The van der Waals surface area contributed by atoms with Crippen molar-refractivity contribution in [2.75, 3.05) is 19.4 Å². The highest BCUT2D eigenvalue weighted by atomic mass is 32.2. The molecule has 0 radical (unpaired) electrons. The summed E-state index contributed by atoms with van der Waals surface area (Å²) >= 11 is 0. The van der Waals surface area contributed by atoms with E-state index in [0.29, 0.717) is 12.2 Å². The number of carboxylic acid groups (broad SMARTS) is 1. The normalized spacial score (nSPS) is 11.0. The van der Waals surface area contributed by atoms with E-state index in [0.717, 1.165) is 5.56 Å². The first-order valence-corrected chi connectivity index (χ1v) is 9.95. The van der Waals surface area contributed by atoms with E-state index in [9.17, 15) is 18.0 Å². The van der Waals surface area contributed by atoms with E-state index in [-0.39, 0.29) is 34.2 Å². The van der Waals surface area contributed by atoms with Gasteiger partial charge in [0.15, 0.2) is 9.84 Å². The minimum Gasteiger partial charge on any atom is -0.496 e. The Morgan fingerprint density at radius 1 is 1.11 bits per heavy atom. The molecule has 0 saturated heterocycles. The van der Waals surface area contributed by atoms with Crippen LogP contribution < -0.4 is 10.1 Å². The largest absolute Gasteiger partial charge is 0.496 e. The second kappa shape index (κ2) is 8.68. The summed E-state index contributed by atoms with van der Waals surface area (Å²) in [7, 11) is -1.94. The van der Waals surface area contributed by atoms with E-state index in [1.165, 1.54) is 37.4 Å². The van der Waals surface area contributed by atoms with Crippen molar-refractivity contribution in [3.05, 3.63) is 59.2 Å². The number of benzene rings is 2. The molecule has 0 bridgehead atoms. The standard InChI is InChI=1S/C19H21NO6S/c1-3-27(24,25)16-6-4-5-14(11-16)18(21)20-10-9-13-7-8-15(19(22)23)12-17(13)26-2/h4-8,11-12H,3,9-10H2,1-2H3,(H,20,21)(H,22,23). The molecule has 2 aromatic rings. The van der Waals surface area contributed by atoms with Gasteiger partial charge in [-0.3, -0.25) is 4.79 Å². The summed E-state index contributed by atoms with van der Waals surface area (Å²) in [5, 5.41) is 11.7. The molecule has 2 N–H and O–H groups in total. The van der Waals surface area contributed by atoms with Gasteiger partial charge in [-0.25, -0.2) is 13.2 Å². The number of amides is 1. The number of hydrogen-bond acceptors (Lipinski definition) is 5.